The molecule has 6 heteroatoms. The minimum absolute atomic E-state index is 0.0340. The van der Waals surface area contributed by atoms with Crippen molar-refractivity contribution in [2.24, 2.45) is 0 Å². The maximum atomic E-state index is 6.57. The molecule has 2 rings (SSSR count). The Kier molecular flexibility index (Phi) is 9.98. The van der Waals surface area contributed by atoms with Gasteiger partial charge in [0.05, 0.1) is 24.1 Å². The number of nitrogens with zero attached hydrogens (tertiary/aromatic N) is 2. The topological polar surface area (TPSA) is 53.5 Å². The predicted octanol–water partition coefficient (Wildman–Crippen LogP) is 8.01. The maximum Gasteiger partial charge on any atom is 0.250 e. The molecule has 0 aliphatic heterocycles. The summed E-state index contributed by atoms with van der Waals surface area (Å²) in [6, 6.07) is 6.15. The third kappa shape index (κ3) is 7.21. The fraction of sp³-hybridized carbons (Fsp3) is 0.643. The van der Waals surface area contributed by atoms with Gasteiger partial charge < -0.3 is 13.9 Å². The minimum atomic E-state index is -1.96. The molecule has 2 aromatic rings. The van der Waals surface area contributed by atoms with Gasteiger partial charge in [-0.05, 0) is 63.4 Å². The van der Waals surface area contributed by atoms with Gasteiger partial charge in [-0.1, -0.05) is 54.4 Å². The molecule has 0 saturated heterocycles. The van der Waals surface area contributed by atoms with E-state index in [1.807, 2.05) is 26.0 Å². The summed E-state index contributed by atoms with van der Waals surface area (Å²) >= 11 is 0. The zero-order valence-electron chi connectivity index (χ0n) is 23.2. The Bertz CT molecular complexity index is 936. The van der Waals surface area contributed by atoms with E-state index >= 15 is 0 Å². The van der Waals surface area contributed by atoms with Crippen molar-refractivity contribution in [3.63, 3.8) is 0 Å². The Balaban J connectivity index is 2.51. The lowest BCUT2D eigenvalue weighted by atomic mass is 10.1. The van der Waals surface area contributed by atoms with Crippen LogP contribution in [0.2, 0.25) is 18.1 Å². The van der Waals surface area contributed by atoms with Crippen LogP contribution in [0.5, 0.6) is 17.4 Å². The van der Waals surface area contributed by atoms with Crippen molar-refractivity contribution >= 4 is 8.32 Å². The Morgan fingerprint density at radius 3 is 2.18 bits per heavy atom. The van der Waals surface area contributed by atoms with Gasteiger partial charge in [0.15, 0.2) is 0 Å². The molecule has 5 nitrogen and oxygen atoms in total. The molecule has 0 radical (unpaired) electrons. The van der Waals surface area contributed by atoms with Crippen molar-refractivity contribution in [3.05, 3.63) is 29.6 Å². The van der Waals surface area contributed by atoms with E-state index in [1.165, 1.54) is 6.42 Å². The second kappa shape index (κ2) is 12.1. The second-order valence-corrected chi connectivity index (χ2v) is 15.4. The van der Waals surface area contributed by atoms with E-state index in [1.54, 1.807) is 0 Å². The van der Waals surface area contributed by atoms with Gasteiger partial charge in [0.1, 0.15) is 17.2 Å². The van der Waals surface area contributed by atoms with Crippen LogP contribution in [0.25, 0.3) is 11.3 Å². The van der Waals surface area contributed by atoms with E-state index in [4.69, 9.17) is 23.9 Å². The van der Waals surface area contributed by atoms with Crippen LogP contribution >= 0.6 is 0 Å². The van der Waals surface area contributed by atoms with Gasteiger partial charge in [-0.25, -0.2) is 9.97 Å². The van der Waals surface area contributed by atoms with Crippen molar-refractivity contribution in [1.82, 2.24) is 9.97 Å². The van der Waals surface area contributed by atoms with E-state index in [9.17, 15) is 0 Å². The average Bonchev–Trinajstić information content (AvgIpc) is 2.75. The first-order chi connectivity index (χ1) is 15.9. The van der Waals surface area contributed by atoms with Crippen molar-refractivity contribution in [3.8, 4) is 28.6 Å². The molecule has 1 aromatic carbocycles. The summed E-state index contributed by atoms with van der Waals surface area (Å²) in [5.74, 6) is 2.31. The Morgan fingerprint density at radius 2 is 1.62 bits per heavy atom. The molecular weight excluding hydrogens is 440 g/mol. The smallest absolute Gasteiger partial charge is 0.250 e. The molecule has 0 N–H and O–H groups in total. The molecule has 0 aliphatic rings. The number of benzene rings is 1. The quantitative estimate of drug-likeness (QED) is 0.225. The average molecular weight is 487 g/mol. The summed E-state index contributed by atoms with van der Waals surface area (Å²) in [4.78, 5) is 9.95. The highest BCUT2D eigenvalue weighted by atomic mass is 28.4. The van der Waals surface area contributed by atoms with E-state index in [2.05, 4.69) is 60.7 Å². The maximum absolute atomic E-state index is 6.57. The molecule has 0 amide bonds. The van der Waals surface area contributed by atoms with Crippen LogP contribution in [0.3, 0.4) is 0 Å². The molecule has 0 aliphatic carbocycles. The lowest BCUT2D eigenvalue weighted by Crippen LogP contribution is -2.43. The number of ether oxygens (including phenoxy) is 2. The summed E-state index contributed by atoms with van der Waals surface area (Å²) in [6.07, 6.45) is 4.93. The third-order valence-corrected chi connectivity index (χ3v) is 10.8. The number of rotatable bonds is 12. The first kappa shape index (κ1) is 28.2. The molecule has 0 spiro atoms. The van der Waals surface area contributed by atoms with Crippen molar-refractivity contribution < 1.29 is 13.9 Å². The number of hydrogen-bond acceptors (Lipinski definition) is 5. The van der Waals surface area contributed by atoms with Crippen LogP contribution in [-0.4, -0.2) is 31.0 Å². The number of aryl methyl sites for hydroxylation is 2. The molecular formula is C28H46N2O3Si. The third-order valence-electron chi connectivity index (χ3n) is 6.41. The van der Waals surface area contributed by atoms with Crippen molar-refractivity contribution in [2.75, 3.05) is 6.61 Å². The summed E-state index contributed by atoms with van der Waals surface area (Å²) in [6.45, 7) is 22.4. The largest absolute Gasteiger partial charge is 0.543 e. The molecule has 0 bridgehead atoms. The first-order valence-corrected chi connectivity index (χ1v) is 15.9. The van der Waals surface area contributed by atoms with E-state index in [-0.39, 0.29) is 11.1 Å². The van der Waals surface area contributed by atoms with Crippen molar-refractivity contribution in [1.29, 1.82) is 0 Å². The van der Waals surface area contributed by atoms with Crippen LogP contribution in [0, 0.1) is 0 Å². The van der Waals surface area contributed by atoms with Crippen molar-refractivity contribution in [2.45, 2.75) is 112 Å². The highest BCUT2D eigenvalue weighted by Gasteiger charge is 2.39. The summed E-state index contributed by atoms with van der Waals surface area (Å²) < 4.78 is 18.9. The van der Waals surface area contributed by atoms with Crippen LogP contribution < -0.4 is 13.9 Å². The number of hydrogen-bond donors (Lipinski definition) is 0. The second-order valence-electron chi connectivity index (χ2n) is 10.7. The minimum Gasteiger partial charge on any atom is -0.543 e. The predicted molar refractivity (Wildman–Crippen MR) is 145 cm³/mol. The first-order valence-electron chi connectivity index (χ1n) is 13.0. The lowest BCUT2D eigenvalue weighted by molar-refractivity contribution is 0.242. The zero-order valence-corrected chi connectivity index (χ0v) is 24.2. The highest BCUT2D eigenvalue weighted by molar-refractivity contribution is 6.74. The Labute approximate surface area is 208 Å². The van der Waals surface area contributed by atoms with Gasteiger partial charge in [-0.2, -0.15) is 0 Å². The molecule has 0 unspecified atom stereocenters. The summed E-state index contributed by atoms with van der Waals surface area (Å²) in [5, 5.41) is 0.120. The van der Waals surface area contributed by atoms with E-state index in [0.717, 1.165) is 59.8 Å². The zero-order chi connectivity index (χ0) is 25.5. The lowest BCUT2D eigenvalue weighted by Gasteiger charge is -2.36. The number of aromatic nitrogens is 2. The molecule has 0 atom stereocenters. The van der Waals surface area contributed by atoms with E-state index < -0.39 is 8.32 Å². The SMILES string of the molecule is CCCCCOc1nc(CC)c(-c2ccc(O[Si](C)(C)C(C)(C)C)cc2OC(C)C)nc1CC. The van der Waals surface area contributed by atoms with Gasteiger partial charge in [0.2, 0.25) is 14.2 Å². The van der Waals surface area contributed by atoms with E-state index in [0.29, 0.717) is 12.5 Å². The molecule has 0 saturated carbocycles. The van der Waals surface area contributed by atoms with Gasteiger partial charge in [0.25, 0.3) is 0 Å². The fourth-order valence-electron chi connectivity index (χ4n) is 3.38. The molecule has 0 fully saturated rings. The molecule has 190 valence electrons. The Hall–Kier alpha value is -2.08. The van der Waals surface area contributed by atoms with Crippen LogP contribution in [0.1, 0.15) is 86.0 Å². The summed E-state index contributed by atoms with van der Waals surface area (Å²) in [5.41, 5.74) is 3.64. The highest BCUT2D eigenvalue weighted by Crippen LogP contribution is 2.40. The van der Waals surface area contributed by atoms with Gasteiger partial charge >= 0.3 is 0 Å². The van der Waals surface area contributed by atoms with Crippen LogP contribution in [-0.2, 0) is 12.8 Å². The fourth-order valence-corrected chi connectivity index (χ4v) is 4.40. The Morgan fingerprint density at radius 1 is 0.941 bits per heavy atom. The van der Waals surface area contributed by atoms with Gasteiger partial charge in [-0.3, -0.25) is 0 Å². The van der Waals surface area contributed by atoms with Crippen LogP contribution in [0.4, 0.5) is 0 Å². The van der Waals surface area contributed by atoms with Crippen LogP contribution in [0.15, 0.2) is 18.2 Å². The molecule has 1 heterocycles. The standard InChI is InChI=1S/C28H46N2O3Si/c1-11-14-15-18-31-27-24(13-3)29-26(23(12-2)30-27)22-17-16-21(19-25(22)32-20(4)5)33-34(9,10)28(6,7)8/h16-17,19-20H,11-15,18H2,1-10H3. The summed E-state index contributed by atoms with van der Waals surface area (Å²) in [7, 11) is -1.96. The monoisotopic (exact) mass is 486 g/mol. The molecule has 1 aromatic heterocycles. The van der Waals surface area contributed by atoms with Gasteiger partial charge in [-0.15, -0.1) is 0 Å². The molecule has 34 heavy (non-hydrogen) atoms. The normalized spacial score (nSPS) is 12.2. The number of unbranched alkanes of at least 4 members (excludes halogenated alkanes) is 2. The van der Waals surface area contributed by atoms with Gasteiger partial charge in [0, 0.05) is 11.6 Å².